The first kappa shape index (κ1) is 9.18. The van der Waals surface area contributed by atoms with Crippen molar-refractivity contribution >= 4 is 28.3 Å². The van der Waals surface area contributed by atoms with Crippen molar-refractivity contribution in [3.63, 3.8) is 0 Å². The summed E-state index contributed by atoms with van der Waals surface area (Å²) in [6.07, 6.45) is 0. The lowest BCUT2D eigenvalue weighted by Gasteiger charge is -1.98. The van der Waals surface area contributed by atoms with E-state index in [1.54, 1.807) is 24.3 Å². The molecule has 0 N–H and O–H groups in total. The Balaban J connectivity index is 2.84. The van der Waals surface area contributed by atoms with Gasteiger partial charge in [0.15, 0.2) is 0 Å². The molecule has 59 valence electrons. The van der Waals surface area contributed by atoms with E-state index < -0.39 is 0 Å². The zero-order valence-corrected chi connectivity index (χ0v) is 7.69. The van der Waals surface area contributed by atoms with Crippen molar-refractivity contribution in [3.8, 4) is 5.40 Å². The highest BCUT2D eigenvalue weighted by molar-refractivity contribution is 8.12. The summed E-state index contributed by atoms with van der Waals surface area (Å²) in [6, 6.07) is 7.04. The number of halogens is 1. The molecule has 0 fully saturated rings. The second-order valence-electron chi connectivity index (χ2n) is 2.06. The second-order valence-corrected chi connectivity index (χ2v) is 3.33. The minimum Gasteiger partial charge on any atom is -0.185 e. The van der Waals surface area contributed by atoms with E-state index in [9.17, 15) is 0 Å². The molecule has 0 aliphatic heterocycles. The summed E-state index contributed by atoms with van der Waals surface area (Å²) in [5.74, 6) is 0. The fraction of sp³-hybridized carbons (Fsp3) is 0. The maximum absolute atomic E-state index is 8.34. The van der Waals surface area contributed by atoms with Crippen LogP contribution in [0.1, 0.15) is 5.56 Å². The predicted molar refractivity (Wildman–Crippen MR) is 52.4 cm³/mol. The highest BCUT2D eigenvalue weighted by Gasteiger charge is 1.98. The molecule has 1 nitrogen and oxygen atoms in total. The van der Waals surface area contributed by atoms with Crippen molar-refractivity contribution in [2.45, 2.75) is 0 Å². The summed E-state index contributed by atoms with van der Waals surface area (Å²) in [5.41, 5.74) is 0.825. The van der Waals surface area contributed by atoms with E-state index in [1.165, 1.54) is 0 Å². The molecular formula is C9H5ClNS. The molecule has 0 atom stereocenters. The van der Waals surface area contributed by atoms with Gasteiger partial charge in [-0.2, -0.15) is 5.26 Å². The van der Waals surface area contributed by atoms with Crippen LogP contribution < -0.4 is 0 Å². The first-order valence-electron chi connectivity index (χ1n) is 3.18. The Labute approximate surface area is 80.7 Å². The molecule has 1 aromatic carbocycles. The number of thioether (sulfide) groups is 1. The molecule has 1 radical (unpaired) electrons. The molecule has 0 unspecified atom stereocenters. The molecule has 1 rings (SSSR count). The Hall–Kier alpha value is -0.910. The second kappa shape index (κ2) is 4.20. The average molecular weight is 195 g/mol. The molecule has 0 saturated heterocycles. The van der Waals surface area contributed by atoms with Gasteiger partial charge in [0.25, 0.3) is 0 Å². The largest absolute Gasteiger partial charge is 0.185 e. The monoisotopic (exact) mass is 194 g/mol. The molecule has 0 bridgehead atoms. The van der Waals surface area contributed by atoms with Crippen LogP contribution >= 0.6 is 23.4 Å². The van der Waals surface area contributed by atoms with E-state index in [-0.39, 0.29) is 0 Å². The highest BCUT2D eigenvalue weighted by atomic mass is 35.5. The highest BCUT2D eigenvalue weighted by Crippen LogP contribution is 2.24. The van der Waals surface area contributed by atoms with Gasteiger partial charge >= 0.3 is 0 Å². The molecule has 0 spiro atoms. The van der Waals surface area contributed by atoms with Gasteiger partial charge in [-0.1, -0.05) is 23.7 Å². The Kier molecular flexibility index (Phi) is 3.21. The fourth-order valence-corrected chi connectivity index (χ4v) is 1.20. The van der Waals surface area contributed by atoms with Crippen LogP contribution in [0, 0.1) is 17.2 Å². The van der Waals surface area contributed by atoms with E-state index in [0.29, 0.717) is 9.93 Å². The maximum Gasteiger partial charge on any atom is 0.138 e. The standard InChI is InChI=1S/C9H5ClNS/c1-7(12-6-11)8-2-4-9(10)5-3-8/h1-5H. The summed E-state index contributed by atoms with van der Waals surface area (Å²) in [7, 11) is 0. The van der Waals surface area contributed by atoms with Crippen molar-refractivity contribution < 1.29 is 0 Å². The van der Waals surface area contributed by atoms with Crippen LogP contribution in [-0.2, 0) is 0 Å². The lowest BCUT2D eigenvalue weighted by Crippen LogP contribution is -1.75. The summed E-state index contributed by atoms with van der Waals surface area (Å²) >= 11 is 6.62. The van der Waals surface area contributed by atoms with Gasteiger partial charge in [-0.3, -0.25) is 0 Å². The third-order valence-corrected chi connectivity index (χ3v) is 2.08. The molecule has 1 aromatic rings. The molecule has 0 amide bonds. The summed E-state index contributed by atoms with van der Waals surface area (Å²) in [4.78, 5) is 0.495. The molecule has 3 heteroatoms. The normalized spacial score (nSPS) is 9.00. The van der Waals surface area contributed by atoms with Crippen LogP contribution in [0.4, 0.5) is 0 Å². The van der Waals surface area contributed by atoms with E-state index in [2.05, 4.69) is 0 Å². The van der Waals surface area contributed by atoms with Gasteiger partial charge in [-0.05, 0) is 36.0 Å². The van der Waals surface area contributed by atoms with E-state index in [0.717, 1.165) is 17.3 Å². The van der Waals surface area contributed by atoms with Crippen LogP contribution in [-0.4, -0.2) is 0 Å². The summed E-state index contributed by atoms with van der Waals surface area (Å²) < 4.78 is 0. The Morgan fingerprint density at radius 2 is 2.00 bits per heavy atom. The van der Waals surface area contributed by atoms with E-state index in [1.807, 2.05) is 5.40 Å². The van der Waals surface area contributed by atoms with Crippen molar-refractivity contribution in [1.82, 2.24) is 0 Å². The average Bonchev–Trinajstić information content (AvgIpc) is 2.06. The van der Waals surface area contributed by atoms with Gasteiger partial charge in [-0.25, -0.2) is 0 Å². The zero-order chi connectivity index (χ0) is 8.97. The predicted octanol–water partition coefficient (Wildman–Crippen LogP) is 3.33. The van der Waals surface area contributed by atoms with Crippen LogP contribution in [0.3, 0.4) is 0 Å². The number of thiocyanates is 1. The topological polar surface area (TPSA) is 23.8 Å². The van der Waals surface area contributed by atoms with Crippen LogP contribution in [0.25, 0.3) is 4.91 Å². The first-order valence-corrected chi connectivity index (χ1v) is 4.38. The fourth-order valence-electron chi connectivity index (χ4n) is 0.722. The number of hydrogen-bond donors (Lipinski definition) is 0. The molecule has 0 aliphatic carbocycles. The van der Waals surface area contributed by atoms with Gasteiger partial charge in [0.2, 0.25) is 0 Å². The van der Waals surface area contributed by atoms with Crippen molar-refractivity contribution in [1.29, 1.82) is 5.26 Å². The summed E-state index contributed by atoms with van der Waals surface area (Å²) in [5, 5.41) is 10.9. The molecule has 0 heterocycles. The Morgan fingerprint density at radius 3 is 2.50 bits per heavy atom. The lowest BCUT2D eigenvalue weighted by molar-refractivity contribution is 1.57. The molecular weight excluding hydrogens is 190 g/mol. The minimum absolute atomic E-state index is 0.495. The van der Waals surface area contributed by atoms with Crippen LogP contribution in [0.5, 0.6) is 0 Å². The van der Waals surface area contributed by atoms with Gasteiger partial charge in [0, 0.05) is 9.93 Å². The number of hydrogen-bond acceptors (Lipinski definition) is 2. The quantitative estimate of drug-likeness (QED) is 0.675. The van der Waals surface area contributed by atoms with Crippen LogP contribution in [0.2, 0.25) is 5.02 Å². The van der Waals surface area contributed by atoms with Crippen molar-refractivity contribution in [2.24, 2.45) is 0 Å². The van der Waals surface area contributed by atoms with Gasteiger partial charge in [0.05, 0.1) is 0 Å². The Morgan fingerprint density at radius 1 is 1.42 bits per heavy atom. The van der Waals surface area contributed by atoms with Gasteiger partial charge in [-0.15, -0.1) is 0 Å². The van der Waals surface area contributed by atoms with E-state index >= 15 is 0 Å². The van der Waals surface area contributed by atoms with Crippen LogP contribution in [0.15, 0.2) is 24.3 Å². The molecule has 0 aliphatic rings. The molecule has 12 heavy (non-hydrogen) atoms. The first-order chi connectivity index (χ1) is 5.74. The molecule has 0 aromatic heterocycles. The maximum atomic E-state index is 8.34. The number of rotatable bonds is 2. The SMILES string of the molecule is [CH]=C(SC#N)c1ccc(Cl)cc1. The third-order valence-electron chi connectivity index (χ3n) is 1.28. The third kappa shape index (κ3) is 2.30. The zero-order valence-electron chi connectivity index (χ0n) is 6.12. The number of nitrogens with zero attached hydrogens (tertiary/aromatic N) is 1. The van der Waals surface area contributed by atoms with Crippen molar-refractivity contribution in [2.75, 3.05) is 0 Å². The summed E-state index contributed by atoms with van der Waals surface area (Å²) in [6.45, 7) is 5.57. The number of nitriles is 1. The number of benzene rings is 1. The minimum atomic E-state index is 0.495. The smallest absolute Gasteiger partial charge is 0.138 e. The van der Waals surface area contributed by atoms with Gasteiger partial charge < -0.3 is 0 Å². The Bertz CT molecular complexity index is 323. The lowest BCUT2D eigenvalue weighted by atomic mass is 10.2. The van der Waals surface area contributed by atoms with Crippen molar-refractivity contribution in [3.05, 3.63) is 41.4 Å². The molecule has 0 saturated carbocycles. The van der Waals surface area contributed by atoms with E-state index in [4.69, 9.17) is 23.4 Å². The van der Waals surface area contributed by atoms with Gasteiger partial charge in [0.1, 0.15) is 5.40 Å².